The highest BCUT2D eigenvalue weighted by Crippen LogP contribution is 2.53. The van der Waals surface area contributed by atoms with Crippen molar-refractivity contribution in [3.05, 3.63) is 108 Å². The summed E-state index contributed by atoms with van der Waals surface area (Å²) in [4.78, 5) is 0. The van der Waals surface area contributed by atoms with Crippen molar-refractivity contribution in [3.8, 4) is 17.2 Å². The van der Waals surface area contributed by atoms with E-state index in [0.717, 1.165) is 29.4 Å². The van der Waals surface area contributed by atoms with E-state index in [1.807, 2.05) is 30.3 Å². The van der Waals surface area contributed by atoms with Crippen LogP contribution < -0.4 is 14.8 Å². The summed E-state index contributed by atoms with van der Waals surface area (Å²) in [7, 11) is 1.77. The number of benzene rings is 4. The van der Waals surface area contributed by atoms with Gasteiger partial charge in [-0.2, -0.15) is 0 Å². The minimum atomic E-state index is 0.171. The van der Waals surface area contributed by atoms with Gasteiger partial charge in [0.2, 0.25) is 0 Å². The summed E-state index contributed by atoms with van der Waals surface area (Å²) in [5, 5.41) is 6.36. The Morgan fingerprint density at radius 3 is 2.56 bits per heavy atom. The number of para-hydroxylation sites is 1. The van der Waals surface area contributed by atoms with Crippen molar-refractivity contribution in [2.24, 2.45) is 5.92 Å². The number of hydrogen-bond donors (Lipinski definition) is 1. The molecule has 0 fully saturated rings. The first-order chi connectivity index (χ1) is 15.8. The molecule has 4 aromatic carbocycles. The molecule has 0 bridgehead atoms. The number of nitrogens with one attached hydrogen (secondary N) is 1. The predicted molar refractivity (Wildman–Crippen MR) is 130 cm³/mol. The molecule has 0 radical (unpaired) electrons. The van der Waals surface area contributed by atoms with Crippen molar-refractivity contribution in [1.29, 1.82) is 0 Å². The smallest absolute Gasteiger partial charge is 0.127 e. The molecule has 4 aromatic rings. The quantitative estimate of drug-likeness (QED) is 0.348. The van der Waals surface area contributed by atoms with Crippen molar-refractivity contribution in [3.63, 3.8) is 0 Å². The first-order valence-electron chi connectivity index (χ1n) is 11.2. The molecule has 0 aromatic heterocycles. The third-order valence-electron chi connectivity index (χ3n) is 6.77. The van der Waals surface area contributed by atoms with Gasteiger partial charge < -0.3 is 14.8 Å². The molecule has 3 unspecified atom stereocenters. The van der Waals surface area contributed by atoms with Crippen LogP contribution in [0.25, 0.3) is 10.8 Å². The molecule has 6 rings (SSSR count). The standard InChI is InChI=1S/C29H25NO2/c1-31-27-17-14-19-8-5-6-11-22(19)28(27)29-24-13-7-12-23(24)25-18-21(15-16-26(25)30-29)32-20-9-3-2-4-10-20/h2-12,14-18,23-24,29-30H,13H2,1H3. The lowest BCUT2D eigenvalue weighted by molar-refractivity contribution is 0.382. The molecule has 1 heterocycles. The van der Waals surface area contributed by atoms with Crippen LogP contribution in [0.5, 0.6) is 17.2 Å². The summed E-state index contributed by atoms with van der Waals surface area (Å²) in [6.07, 6.45) is 5.72. The van der Waals surface area contributed by atoms with E-state index >= 15 is 0 Å². The maximum absolute atomic E-state index is 6.13. The number of anilines is 1. The van der Waals surface area contributed by atoms with Gasteiger partial charge in [0.15, 0.2) is 0 Å². The maximum Gasteiger partial charge on any atom is 0.127 e. The highest BCUT2D eigenvalue weighted by atomic mass is 16.5. The fraction of sp³-hybridized carbons (Fsp3) is 0.172. The van der Waals surface area contributed by atoms with Crippen LogP contribution in [0.2, 0.25) is 0 Å². The number of rotatable bonds is 4. The molecule has 158 valence electrons. The molecule has 2 aliphatic rings. The normalized spacial score (nSPS) is 21.0. The molecular formula is C29H25NO2. The van der Waals surface area contributed by atoms with Crippen LogP contribution in [0.1, 0.15) is 29.5 Å². The van der Waals surface area contributed by atoms with E-state index in [9.17, 15) is 0 Å². The average Bonchev–Trinajstić information content (AvgIpc) is 3.34. The summed E-state index contributed by atoms with van der Waals surface area (Å²) in [5.74, 6) is 3.44. The highest BCUT2D eigenvalue weighted by Gasteiger charge is 2.39. The Labute approximate surface area is 188 Å². The summed E-state index contributed by atoms with van der Waals surface area (Å²) in [6, 6.07) is 29.4. The molecule has 1 N–H and O–H groups in total. The summed E-state index contributed by atoms with van der Waals surface area (Å²) in [5.41, 5.74) is 3.71. The maximum atomic E-state index is 6.13. The molecule has 32 heavy (non-hydrogen) atoms. The predicted octanol–water partition coefficient (Wildman–Crippen LogP) is 7.47. The number of methoxy groups -OCH3 is 1. The zero-order chi connectivity index (χ0) is 21.5. The second-order valence-electron chi connectivity index (χ2n) is 8.54. The van der Waals surface area contributed by atoms with Crippen LogP contribution in [0.15, 0.2) is 97.1 Å². The minimum absolute atomic E-state index is 0.171. The lowest BCUT2D eigenvalue weighted by atomic mass is 9.76. The van der Waals surface area contributed by atoms with E-state index < -0.39 is 0 Å². The highest BCUT2D eigenvalue weighted by molar-refractivity contribution is 5.89. The van der Waals surface area contributed by atoms with E-state index in [2.05, 4.69) is 72.1 Å². The van der Waals surface area contributed by atoms with Crippen LogP contribution >= 0.6 is 0 Å². The third kappa shape index (κ3) is 3.13. The van der Waals surface area contributed by atoms with Crippen LogP contribution in [0.4, 0.5) is 5.69 Å². The van der Waals surface area contributed by atoms with Crippen molar-refractivity contribution in [1.82, 2.24) is 0 Å². The van der Waals surface area contributed by atoms with E-state index in [1.165, 1.54) is 21.9 Å². The van der Waals surface area contributed by atoms with Crippen molar-refractivity contribution < 1.29 is 9.47 Å². The van der Waals surface area contributed by atoms with Crippen LogP contribution in [-0.2, 0) is 0 Å². The summed E-state index contributed by atoms with van der Waals surface area (Å²) >= 11 is 0. The van der Waals surface area contributed by atoms with Crippen molar-refractivity contribution in [2.75, 3.05) is 12.4 Å². The lowest BCUT2D eigenvalue weighted by Crippen LogP contribution is -2.29. The summed E-state index contributed by atoms with van der Waals surface area (Å²) < 4.78 is 12.0. The first-order valence-corrected chi connectivity index (χ1v) is 11.2. The Morgan fingerprint density at radius 2 is 1.69 bits per heavy atom. The van der Waals surface area contributed by atoms with Gasteiger partial charge in [0, 0.05) is 17.2 Å². The molecule has 3 atom stereocenters. The molecule has 0 amide bonds. The van der Waals surface area contributed by atoms with Crippen molar-refractivity contribution >= 4 is 16.5 Å². The van der Waals surface area contributed by atoms with Gasteiger partial charge in [-0.25, -0.2) is 0 Å². The second kappa shape index (κ2) is 7.76. The molecule has 1 aliphatic heterocycles. The zero-order valence-electron chi connectivity index (χ0n) is 18.0. The molecule has 1 aliphatic carbocycles. The van der Waals surface area contributed by atoms with E-state index in [0.29, 0.717) is 11.8 Å². The van der Waals surface area contributed by atoms with Crippen molar-refractivity contribution in [2.45, 2.75) is 18.4 Å². The monoisotopic (exact) mass is 419 g/mol. The molecule has 0 saturated heterocycles. The largest absolute Gasteiger partial charge is 0.496 e. The second-order valence-corrected chi connectivity index (χ2v) is 8.54. The summed E-state index contributed by atoms with van der Waals surface area (Å²) in [6.45, 7) is 0. The number of ether oxygens (including phenoxy) is 2. The molecular weight excluding hydrogens is 394 g/mol. The number of allylic oxidation sites excluding steroid dienone is 2. The zero-order valence-corrected chi connectivity index (χ0v) is 18.0. The fourth-order valence-electron chi connectivity index (χ4n) is 5.32. The van der Waals surface area contributed by atoms with Crippen LogP contribution in [0, 0.1) is 5.92 Å². The van der Waals surface area contributed by atoms with Gasteiger partial charge in [-0.15, -0.1) is 0 Å². The Balaban J connectivity index is 1.43. The lowest BCUT2D eigenvalue weighted by Gasteiger charge is -2.38. The van der Waals surface area contributed by atoms with Gasteiger partial charge in [0.05, 0.1) is 13.2 Å². The minimum Gasteiger partial charge on any atom is -0.496 e. The van der Waals surface area contributed by atoms with Crippen LogP contribution in [0.3, 0.4) is 0 Å². The van der Waals surface area contributed by atoms with E-state index in [-0.39, 0.29) is 6.04 Å². The van der Waals surface area contributed by atoms with Crippen LogP contribution in [-0.4, -0.2) is 7.11 Å². The Morgan fingerprint density at radius 1 is 0.844 bits per heavy atom. The Bertz CT molecular complexity index is 1310. The average molecular weight is 420 g/mol. The van der Waals surface area contributed by atoms with E-state index in [4.69, 9.17) is 9.47 Å². The molecule has 3 heteroatoms. The molecule has 0 saturated carbocycles. The van der Waals surface area contributed by atoms with Gasteiger partial charge in [-0.1, -0.05) is 60.7 Å². The number of fused-ring (bicyclic) bond motifs is 4. The van der Waals surface area contributed by atoms with Gasteiger partial charge in [-0.05, 0) is 65.1 Å². The molecule has 3 nitrogen and oxygen atoms in total. The SMILES string of the molecule is COc1ccc2ccccc2c1C1Nc2ccc(Oc3ccccc3)cc2C2C=CCC21. The Hall–Kier alpha value is -3.72. The number of hydrogen-bond acceptors (Lipinski definition) is 3. The van der Waals surface area contributed by atoms with Gasteiger partial charge in [-0.3, -0.25) is 0 Å². The first kappa shape index (κ1) is 19.0. The van der Waals surface area contributed by atoms with E-state index in [1.54, 1.807) is 7.11 Å². The Kier molecular flexibility index (Phi) is 4.61. The van der Waals surface area contributed by atoms with Gasteiger partial charge in [0.1, 0.15) is 17.2 Å². The van der Waals surface area contributed by atoms with Gasteiger partial charge >= 0.3 is 0 Å². The topological polar surface area (TPSA) is 30.5 Å². The fourth-order valence-corrected chi connectivity index (χ4v) is 5.32. The third-order valence-corrected chi connectivity index (χ3v) is 6.77. The van der Waals surface area contributed by atoms with Gasteiger partial charge in [0.25, 0.3) is 0 Å². The molecule has 0 spiro atoms.